The normalized spacial score (nSPS) is 10.2. The lowest BCUT2D eigenvalue weighted by Crippen LogP contribution is -2.22. The summed E-state index contributed by atoms with van der Waals surface area (Å²) in [6, 6.07) is 18.5. The van der Waals surface area contributed by atoms with Crippen molar-refractivity contribution in [3.63, 3.8) is 0 Å². The number of para-hydroxylation sites is 2. The number of nitrogen functional groups attached to an aromatic ring is 1. The maximum Gasteiger partial charge on any atom is 0.0602 e. The lowest BCUT2D eigenvalue weighted by atomic mass is 10.2. The smallest absolute Gasteiger partial charge is 0.0602 e. The molecule has 0 radical (unpaired) electrons. The molecule has 0 heterocycles. The third-order valence-corrected chi connectivity index (χ3v) is 2.88. The summed E-state index contributed by atoms with van der Waals surface area (Å²) in [5, 5.41) is 0. The predicted molar refractivity (Wildman–Crippen MR) is 74.0 cm³/mol. The van der Waals surface area contributed by atoms with Crippen molar-refractivity contribution in [2.75, 3.05) is 17.2 Å². The predicted octanol–water partition coefficient (Wildman–Crippen LogP) is 3.30. The summed E-state index contributed by atoms with van der Waals surface area (Å²) in [6.45, 7) is 3.99. The van der Waals surface area contributed by atoms with Crippen LogP contribution < -0.4 is 10.6 Å². The van der Waals surface area contributed by atoms with Gasteiger partial charge in [-0.15, -0.1) is 0 Å². The van der Waals surface area contributed by atoms with Crippen LogP contribution in [0.4, 0.5) is 11.4 Å². The van der Waals surface area contributed by atoms with Crippen LogP contribution in [-0.4, -0.2) is 6.54 Å². The van der Waals surface area contributed by atoms with E-state index in [2.05, 4.69) is 42.2 Å². The van der Waals surface area contributed by atoms with Gasteiger partial charge in [-0.2, -0.15) is 0 Å². The van der Waals surface area contributed by atoms with E-state index in [0.717, 1.165) is 24.5 Å². The van der Waals surface area contributed by atoms with E-state index < -0.39 is 0 Å². The highest BCUT2D eigenvalue weighted by molar-refractivity contribution is 5.67. The monoisotopic (exact) mass is 226 g/mol. The van der Waals surface area contributed by atoms with E-state index in [9.17, 15) is 0 Å². The van der Waals surface area contributed by atoms with E-state index in [1.165, 1.54) is 5.56 Å². The number of nitrogens with zero attached hydrogens (tertiary/aromatic N) is 1. The first-order valence-corrected chi connectivity index (χ1v) is 5.94. The Hall–Kier alpha value is -1.96. The van der Waals surface area contributed by atoms with Crippen molar-refractivity contribution in [1.29, 1.82) is 0 Å². The van der Waals surface area contributed by atoms with Crippen LogP contribution in [0, 0.1) is 0 Å². The van der Waals surface area contributed by atoms with Crippen LogP contribution in [0.2, 0.25) is 0 Å². The van der Waals surface area contributed by atoms with Crippen LogP contribution in [0.5, 0.6) is 0 Å². The minimum atomic E-state index is 0.838. The van der Waals surface area contributed by atoms with Crippen molar-refractivity contribution in [3.05, 3.63) is 60.2 Å². The molecule has 0 unspecified atom stereocenters. The first-order chi connectivity index (χ1) is 8.31. The van der Waals surface area contributed by atoms with E-state index in [1.54, 1.807) is 0 Å². The van der Waals surface area contributed by atoms with Gasteiger partial charge in [-0.25, -0.2) is 0 Å². The zero-order chi connectivity index (χ0) is 12.1. The minimum absolute atomic E-state index is 0.838. The summed E-state index contributed by atoms with van der Waals surface area (Å²) in [4.78, 5) is 2.28. The summed E-state index contributed by atoms with van der Waals surface area (Å²) in [5.41, 5.74) is 9.26. The lowest BCUT2D eigenvalue weighted by Gasteiger charge is -2.24. The molecule has 0 spiro atoms. The third-order valence-electron chi connectivity index (χ3n) is 2.88. The molecule has 17 heavy (non-hydrogen) atoms. The second-order valence-electron chi connectivity index (χ2n) is 4.06. The molecule has 88 valence electrons. The van der Waals surface area contributed by atoms with E-state index in [0.29, 0.717) is 0 Å². The van der Waals surface area contributed by atoms with Crippen LogP contribution in [-0.2, 0) is 6.54 Å². The van der Waals surface area contributed by atoms with E-state index in [4.69, 9.17) is 5.73 Å². The lowest BCUT2D eigenvalue weighted by molar-refractivity contribution is 0.833. The fourth-order valence-corrected chi connectivity index (χ4v) is 1.95. The number of hydrogen-bond acceptors (Lipinski definition) is 2. The molecule has 0 aliphatic heterocycles. The fourth-order valence-electron chi connectivity index (χ4n) is 1.95. The van der Waals surface area contributed by atoms with Crippen LogP contribution in [0.25, 0.3) is 0 Å². The van der Waals surface area contributed by atoms with Gasteiger partial charge in [0.2, 0.25) is 0 Å². The van der Waals surface area contributed by atoms with Gasteiger partial charge in [-0.05, 0) is 24.6 Å². The topological polar surface area (TPSA) is 29.3 Å². The Bertz CT molecular complexity index is 465. The molecule has 2 aromatic carbocycles. The van der Waals surface area contributed by atoms with Gasteiger partial charge in [0.25, 0.3) is 0 Å². The maximum absolute atomic E-state index is 6.01. The molecule has 0 amide bonds. The second-order valence-corrected chi connectivity index (χ2v) is 4.06. The number of benzene rings is 2. The van der Waals surface area contributed by atoms with Gasteiger partial charge in [-0.1, -0.05) is 42.5 Å². The summed E-state index contributed by atoms with van der Waals surface area (Å²) < 4.78 is 0. The molecule has 0 fully saturated rings. The number of rotatable bonds is 4. The second kappa shape index (κ2) is 5.39. The Labute approximate surface area is 103 Å². The first kappa shape index (κ1) is 11.5. The molecule has 2 rings (SSSR count). The van der Waals surface area contributed by atoms with Gasteiger partial charge in [0, 0.05) is 13.1 Å². The Kier molecular flexibility index (Phi) is 3.66. The summed E-state index contributed by atoms with van der Waals surface area (Å²) in [5.74, 6) is 0. The van der Waals surface area contributed by atoms with Gasteiger partial charge in [0.1, 0.15) is 0 Å². The Balaban J connectivity index is 2.21. The Morgan fingerprint density at radius 1 is 0.941 bits per heavy atom. The molecule has 2 N–H and O–H groups in total. The summed E-state index contributed by atoms with van der Waals surface area (Å²) in [7, 11) is 0. The molecule has 2 aromatic rings. The van der Waals surface area contributed by atoms with Gasteiger partial charge < -0.3 is 10.6 Å². The standard InChI is InChI=1S/C15H18N2/c1-2-17(12-13-8-4-3-5-9-13)15-11-7-6-10-14(15)16/h3-11H,2,12,16H2,1H3. The SMILES string of the molecule is CCN(Cc1ccccc1)c1ccccc1N. The highest BCUT2D eigenvalue weighted by atomic mass is 15.1. The highest BCUT2D eigenvalue weighted by Crippen LogP contribution is 2.23. The van der Waals surface area contributed by atoms with E-state index in [-0.39, 0.29) is 0 Å². The van der Waals surface area contributed by atoms with Crippen molar-refractivity contribution in [2.45, 2.75) is 13.5 Å². The molecule has 0 saturated heterocycles. The van der Waals surface area contributed by atoms with Gasteiger partial charge in [0.05, 0.1) is 11.4 Å². The molecule has 0 saturated carbocycles. The van der Waals surface area contributed by atoms with Gasteiger partial charge in [-0.3, -0.25) is 0 Å². The maximum atomic E-state index is 6.01. The molecule has 0 bridgehead atoms. The Morgan fingerprint density at radius 2 is 1.59 bits per heavy atom. The molecule has 0 aliphatic carbocycles. The van der Waals surface area contributed by atoms with Crippen LogP contribution in [0.3, 0.4) is 0 Å². The van der Waals surface area contributed by atoms with Crippen molar-refractivity contribution < 1.29 is 0 Å². The summed E-state index contributed by atoms with van der Waals surface area (Å²) in [6.07, 6.45) is 0. The summed E-state index contributed by atoms with van der Waals surface area (Å²) >= 11 is 0. The number of hydrogen-bond donors (Lipinski definition) is 1. The van der Waals surface area contributed by atoms with Crippen molar-refractivity contribution >= 4 is 11.4 Å². The van der Waals surface area contributed by atoms with Gasteiger partial charge in [0.15, 0.2) is 0 Å². The molecule has 2 heteroatoms. The average molecular weight is 226 g/mol. The minimum Gasteiger partial charge on any atom is -0.397 e. The average Bonchev–Trinajstić information content (AvgIpc) is 2.38. The highest BCUT2D eigenvalue weighted by Gasteiger charge is 2.07. The molecule has 0 aliphatic rings. The quantitative estimate of drug-likeness (QED) is 0.810. The van der Waals surface area contributed by atoms with Gasteiger partial charge >= 0.3 is 0 Å². The van der Waals surface area contributed by atoms with Crippen molar-refractivity contribution in [3.8, 4) is 0 Å². The zero-order valence-electron chi connectivity index (χ0n) is 10.1. The van der Waals surface area contributed by atoms with Crippen LogP contribution >= 0.6 is 0 Å². The molecule has 0 atom stereocenters. The number of anilines is 2. The van der Waals surface area contributed by atoms with Crippen LogP contribution in [0.15, 0.2) is 54.6 Å². The molecular formula is C15H18N2. The third kappa shape index (κ3) is 2.78. The largest absolute Gasteiger partial charge is 0.397 e. The van der Waals surface area contributed by atoms with Crippen molar-refractivity contribution in [1.82, 2.24) is 0 Å². The zero-order valence-corrected chi connectivity index (χ0v) is 10.1. The van der Waals surface area contributed by atoms with E-state index in [1.807, 2.05) is 24.3 Å². The molecule has 2 nitrogen and oxygen atoms in total. The molecular weight excluding hydrogens is 208 g/mol. The number of nitrogens with two attached hydrogens (primary N) is 1. The fraction of sp³-hybridized carbons (Fsp3) is 0.200. The van der Waals surface area contributed by atoms with E-state index >= 15 is 0 Å². The van der Waals surface area contributed by atoms with Crippen LogP contribution in [0.1, 0.15) is 12.5 Å². The van der Waals surface area contributed by atoms with Crippen molar-refractivity contribution in [2.24, 2.45) is 0 Å². The molecule has 0 aromatic heterocycles. The Morgan fingerprint density at radius 3 is 2.24 bits per heavy atom. The first-order valence-electron chi connectivity index (χ1n) is 5.94.